The van der Waals surface area contributed by atoms with E-state index in [1.165, 1.54) is 4.90 Å². The van der Waals surface area contributed by atoms with Gasteiger partial charge in [0, 0.05) is 18.2 Å². The normalized spacial score (nSPS) is 18.1. The minimum atomic E-state index is -1.01. The minimum absolute atomic E-state index is 0.107. The van der Waals surface area contributed by atoms with Gasteiger partial charge in [0.15, 0.2) is 5.79 Å². The molecule has 2 aromatic carbocycles. The Morgan fingerprint density at radius 3 is 2.43 bits per heavy atom. The maximum Gasteiger partial charge on any atom is 0.251 e. The maximum atomic E-state index is 13.1. The highest BCUT2D eigenvalue weighted by Gasteiger charge is 2.52. The fraction of sp³-hybridized carbons (Fsp3) is 0.308. The van der Waals surface area contributed by atoms with E-state index < -0.39 is 23.6 Å². The Balaban J connectivity index is 1.18. The molecule has 1 aromatic heterocycles. The van der Waals surface area contributed by atoms with E-state index in [-0.39, 0.29) is 32.0 Å². The van der Waals surface area contributed by atoms with Gasteiger partial charge in [-0.15, -0.1) is 0 Å². The number of nitrogens with zero attached hydrogens (tertiary/aromatic N) is 2. The number of carbonyl (C=O) groups is 3. The van der Waals surface area contributed by atoms with Crippen molar-refractivity contribution in [1.82, 2.24) is 25.7 Å². The van der Waals surface area contributed by atoms with Crippen molar-refractivity contribution in [2.45, 2.75) is 24.8 Å². The molecule has 11 nitrogen and oxygen atoms in total. The van der Waals surface area contributed by atoms with Crippen molar-refractivity contribution in [1.29, 1.82) is 0 Å². The van der Waals surface area contributed by atoms with Crippen LogP contribution in [-0.2, 0) is 25.6 Å². The molecule has 0 radical (unpaired) electrons. The summed E-state index contributed by atoms with van der Waals surface area (Å²) >= 11 is 0. The SMILES string of the molecule is O=C(NCC(=O)N1CC2(C[C@H]1C(=O)NCc1ccn[nH]1)OCCO2)c1ccc(Oc2ccccc2)cc1. The van der Waals surface area contributed by atoms with Crippen LogP contribution in [0.4, 0.5) is 0 Å². The summed E-state index contributed by atoms with van der Waals surface area (Å²) in [6.45, 7) is 0.861. The number of aromatic nitrogens is 2. The second kappa shape index (κ2) is 10.8. The molecule has 0 unspecified atom stereocenters. The third-order valence-corrected chi connectivity index (χ3v) is 6.24. The van der Waals surface area contributed by atoms with Crippen LogP contribution in [0.3, 0.4) is 0 Å². The molecule has 0 bridgehead atoms. The Bertz CT molecular complexity index is 1230. The molecule has 5 rings (SSSR count). The maximum absolute atomic E-state index is 13.1. The highest BCUT2D eigenvalue weighted by atomic mass is 16.7. The first-order valence-electron chi connectivity index (χ1n) is 12.0. The summed E-state index contributed by atoms with van der Waals surface area (Å²) in [5.74, 6) is -0.894. The number of aromatic amines is 1. The van der Waals surface area contributed by atoms with E-state index in [1.54, 1.807) is 36.5 Å². The second-order valence-corrected chi connectivity index (χ2v) is 8.77. The minimum Gasteiger partial charge on any atom is -0.457 e. The molecule has 3 N–H and O–H groups in total. The van der Waals surface area contributed by atoms with Crippen LogP contribution in [0.2, 0.25) is 0 Å². The highest BCUT2D eigenvalue weighted by molar-refractivity contribution is 5.97. The number of para-hydroxylation sites is 1. The number of carbonyl (C=O) groups excluding carboxylic acids is 3. The van der Waals surface area contributed by atoms with Crippen molar-refractivity contribution in [3.05, 3.63) is 78.1 Å². The first kappa shape index (κ1) is 24.5. The number of hydrogen-bond acceptors (Lipinski definition) is 7. The van der Waals surface area contributed by atoms with E-state index >= 15 is 0 Å². The van der Waals surface area contributed by atoms with Gasteiger partial charge < -0.3 is 29.7 Å². The zero-order chi connectivity index (χ0) is 25.7. The van der Waals surface area contributed by atoms with Crippen LogP contribution >= 0.6 is 0 Å². The molecule has 1 atom stereocenters. The van der Waals surface area contributed by atoms with Crippen molar-refractivity contribution >= 4 is 17.7 Å². The average Bonchev–Trinajstić information content (AvgIpc) is 3.69. The van der Waals surface area contributed by atoms with E-state index in [0.717, 1.165) is 5.69 Å². The van der Waals surface area contributed by atoms with Crippen molar-refractivity contribution in [3.8, 4) is 11.5 Å². The van der Waals surface area contributed by atoms with Gasteiger partial charge in [-0.3, -0.25) is 19.5 Å². The highest BCUT2D eigenvalue weighted by Crippen LogP contribution is 2.35. The predicted molar refractivity (Wildman–Crippen MR) is 130 cm³/mol. The molecule has 0 saturated carbocycles. The molecule has 1 spiro atoms. The first-order chi connectivity index (χ1) is 18.0. The Kier molecular flexibility index (Phi) is 7.15. The average molecular weight is 506 g/mol. The van der Waals surface area contributed by atoms with Gasteiger partial charge in [-0.25, -0.2) is 0 Å². The molecule has 3 aromatic rings. The van der Waals surface area contributed by atoms with Crippen molar-refractivity contribution in [2.24, 2.45) is 0 Å². The van der Waals surface area contributed by atoms with Crippen LogP contribution in [0, 0.1) is 0 Å². The van der Waals surface area contributed by atoms with Crippen molar-refractivity contribution < 1.29 is 28.6 Å². The zero-order valence-corrected chi connectivity index (χ0v) is 20.0. The lowest BCUT2D eigenvalue weighted by atomic mass is 10.1. The first-order valence-corrected chi connectivity index (χ1v) is 12.0. The monoisotopic (exact) mass is 505 g/mol. The topological polar surface area (TPSA) is 135 Å². The fourth-order valence-electron chi connectivity index (χ4n) is 4.38. The lowest BCUT2D eigenvalue weighted by molar-refractivity contribution is -0.152. The van der Waals surface area contributed by atoms with Gasteiger partial charge >= 0.3 is 0 Å². The molecule has 3 heterocycles. The smallest absolute Gasteiger partial charge is 0.251 e. The van der Waals surface area contributed by atoms with Crippen molar-refractivity contribution in [3.63, 3.8) is 0 Å². The van der Waals surface area contributed by atoms with E-state index in [4.69, 9.17) is 14.2 Å². The number of amides is 3. The van der Waals surface area contributed by atoms with E-state index in [2.05, 4.69) is 20.8 Å². The van der Waals surface area contributed by atoms with Gasteiger partial charge in [-0.2, -0.15) is 5.10 Å². The molecule has 3 amide bonds. The van der Waals surface area contributed by atoms with E-state index in [9.17, 15) is 14.4 Å². The summed E-state index contributed by atoms with van der Waals surface area (Å²) in [5.41, 5.74) is 1.11. The van der Waals surface area contributed by atoms with Crippen LogP contribution in [0.5, 0.6) is 11.5 Å². The number of hydrogen-bond donors (Lipinski definition) is 3. The Hall–Kier alpha value is -4.22. The molecule has 11 heteroatoms. The standard InChI is InChI=1S/C26H27N5O6/c32-23(16-28-24(33)18-6-8-21(9-7-18)37-20-4-2-1-3-5-20)31-17-26(35-12-13-36-26)14-22(31)25(34)27-15-19-10-11-29-30-19/h1-11,22H,12-17H2,(H,27,34)(H,28,33)(H,29,30)/t22-/m0/s1. The molecule has 0 aliphatic carbocycles. The molecule has 2 aliphatic heterocycles. The number of H-pyrrole nitrogens is 1. The lowest BCUT2D eigenvalue weighted by Crippen LogP contribution is -2.49. The summed E-state index contributed by atoms with van der Waals surface area (Å²) in [6, 6.07) is 16.9. The molecular weight excluding hydrogens is 478 g/mol. The van der Waals surface area contributed by atoms with Crippen LogP contribution < -0.4 is 15.4 Å². The molecule has 2 fully saturated rings. The Morgan fingerprint density at radius 2 is 1.73 bits per heavy atom. The molecule has 2 aliphatic rings. The Morgan fingerprint density at radius 1 is 1.00 bits per heavy atom. The van der Waals surface area contributed by atoms with Crippen molar-refractivity contribution in [2.75, 3.05) is 26.3 Å². The van der Waals surface area contributed by atoms with Gasteiger partial charge in [0.25, 0.3) is 5.91 Å². The largest absolute Gasteiger partial charge is 0.457 e. The van der Waals surface area contributed by atoms with Crippen LogP contribution in [0.1, 0.15) is 22.5 Å². The summed E-state index contributed by atoms with van der Waals surface area (Å²) in [7, 11) is 0. The third kappa shape index (κ3) is 5.79. The lowest BCUT2D eigenvalue weighted by Gasteiger charge is -2.24. The van der Waals surface area contributed by atoms with Gasteiger partial charge in [0.05, 0.1) is 38.5 Å². The Labute approximate surface area is 213 Å². The number of benzene rings is 2. The fourth-order valence-corrected chi connectivity index (χ4v) is 4.38. The van der Waals surface area contributed by atoms with Gasteiger partial charge in [-0.05, 0) is 42.5 Å². The van der Waals surface area contributed by atoms with Crippen LogP contribution in [0.15, 0.2) is 66.9 Å². The van der Waals surface area contributed by atoms with Crippen LogP contribution in [-0.4, -0.2) is 71.0 Å². The van der Waals surface area contributed by atoms with E-state index in [1.807, 2.05) is 30.3 Å². The van der Waals surface area contributed by atoms with Gasteiger partial charge in [0.2, 0.25) is 11.8 Å². The number of likely N-dealkylation sites (tertiary alicyclic amines) is 1. The molecule has 2 saturated heterocycles. The third-order valence-electron chi connectivity index (χ3n) is 6.24. The summed E-state index contributed by atoms with van der Waals surface area (Å²) in [4.78, 5) is 40.2. The van der Waals surface area contributed by atoms with Gasteiger partial charge in [0.1, 0.15) is 17.5 Å². The molecule has 37 heavy (non-hydrogen) atoms. The zero-order valence-electron chi connectivity index (χ0n) is 20.0. The summed E-state index contributed by atoms with van der Waals surface area (Å²) < 4.78 is 17.2. The number of rotatable bonds is 8. The summed E-state index contributed by atoms with van der Waals surface area (Å²) in [6.07, 6.45) is 1.80. The number of ether oxygens (including phenoxy) is 3. The van der Waals surface area contributed by atoms with E-state index in [0.29, 0.717) is 30.3 Å². The quantitative estimate of drug-likeness (QED) is 0.423. The predicted octanol–water partition coefficient (Wildman–Crippen LogP) is 1.59. The van der Waals surface area contributed by atoms with Crippen LogP contribution in [0.25, 0.3) is 0 Å². The molecule has 192 valence electrons. The van der Waals surface area contributed by atoms with Gasteiger partial charge in [-0.1, -0.05) is 18.2 Å². The molecular formula is C26H27N5O6. The summed E-state index contributed by atoms with van der Waals surface area (Å²) in [5, 5.41) is 12.1. The second-order valence-electron chi connectivity index (χ2n) is 8.77. The number of nitrogens with one attached hydrogen (secondary N) is 3.